The molecule has 0 fully saturated rings. The van der Waals surface area contributed by atoms with Crippen LogP contribution in [0, 0.1) is 12.8 Å². The fraction of sp³-hybridized carbons (Fsp3) is 0.200. The number of aryl methyl sites for hydroxylation is 1. The van der Waals surface area contributed by atoms with Crippen molar-refractivity contribution in [3.63, 3.8) is 0 Å². The lowest BCUT2D eigenvalue weighted by atomic mass is 9.77. The SMILES string of the molecule is Cc1ccc(NS(=O)(=O)c2ccc3c(c2)[C@H]2C=CC[C@H]2[C@@H](c2ccccc2Br)N3)cc1Cl. The summed E-state index contributed by atoms with van der Waals surface area (Å²) in [5, 5.41) is 4.19. The van der Waals surface area contributed by atoms with E-state index >= 15 is 0 Å². The molecule has 0 unspecified atom stereocenters. The van der Waals surface area contributed by atoms with E-state index in [-0.39, 0.29) is 16.9 Å². The quantitative estimate of drug-likeness (QED) is 0.356. The van der Waals surface area contributed by atoms with Crippen molar-refractivity contribution >= 4 is 48.9 Å². The molecule has 164 valence electrons. The molecule has 5 rings (SSSR count). The zero-order valence-electron chi connectivity index (χ0n) is 17.3. The summed E-state index contributed by atoms with van der Waals surface area (Å²) in [4.78, 5) is 0.244. The average molecular weight is 530 g/mol. The Labute approximate surface area is 201 Å². The van der Waals surface area contributed by atoms with Crippen LogP contribution >= 0.6 is 27.5 Å². The van der Waals surface area contributed by atoms with Gasteiger partial charge in [-0.05, 0) is 72.4 Å². The number of hydrogen-bond donors (Lipinski definition) is 2. The van der Waals surface area contributed by atoms with E-state index in [1.807, 2.05) is 25.1 Å². The Bertz CT molecular complexity index is 1340. The summed E-state index contributed by atoms with van der Waals surface area (Å²) >= 11 is 9.86. The lowest BCUT2D eigenvalue weighted by Crippen LogP contribution is -2.29. The molecule has 0 bridgehead atoms. The van der Waals surface area contributed by atoms with Crippen LogP contribution in [0.2, 0.25) is 5.02 Å². The van der Waals surface area contributed by atoms with Gasteiger partial charge in [-0.15, -0.1) is 0 Å². The Balaban J connectivity index is 1.49. The number of nitrogens with one attached hydrogen (secondary N) is 2. The molecule has 1 aliphatic carbocycles. The molecular weight excluding hydrogens is 508 g/mol. The van der Waals surface area contributed by atoms with E-state index in [4.69, 9.17) is 11.6 Å². The summed E-state index contributed by atoms with van der Waals surface area (Å²) in [5.41, 5.74) is 4.54. The van der Waals surface area contributed by atoms with E-state index in [1.165, 1.54) is 5.56 Å². The summed E-state index contributed by atoms with van der Waals surface area (Å²) in [6.07, 6.45) is 5.35. The zero-order valence-corrected chi connectivity index (χ0v) is 20.5. The van der Waals surface area contributed by atoms with Crippen molar-refractivity contribution in [2.45, 2.75) is 30.2 Å². The van der Waals surface area contributed by atoms with Gasteiger partial charge in [0, 0.05) is 21.1 Å². The molecule has 3 aromatic carbocycles. The second-order valence-electron chi connectivity index (χ2n) is 8.32. The van der Waals surface area contributed by atoms with Gasteiger partial charge in [-0.25, -0.2) is 8.42 Å². The van der Waals surface area contributed by atoms with Crippen LogP contribution in [0.1, 0.15) is 35.1 Å². The maximum absolute atomic E-state index is 13.1. The molecule has 3 atom stereocenters. The van der Waals surface area contributed by atoms with Crippen LogP contribution in [0.3, 0.4) is 0 Å². The first-order chi connectivity index (χ1) is 15.3. The van der Waals surface area contributed by atoms with Crippen LogP contribution in [0.15, 0.2) is 82.2 Å². The number of hydrogen-bond acceptors (Lipinski definition) is 3. The minimum atomic E-state index is -3.75. The molecule has 0 amide bonds. The van der Waals surface area contributed by atoms with Crippen molar-refractivity contribution in [1.29, 1.82) is 0 Å². The van der Waals surface area contributed by atoms with Gasteiger partial charge in [0.1, 0.15) is 0 Å². The molecule has 2 N–H and O–H groups in total. The Morgan fingerprint density at radius 2 is 1.88 bits per heavy atom. The second-order valence-corrected chi connectivity index (χ2v) is 11.3. The van der Waals surface area contributed by atoms with Crippen molar-refractivity contribution < 1.29 is 8.42 Å². The number of rotatable bonds is 4. The van der Waals surface area contributed by atoms with E-state index in [9.17, 15) is 8.42 Å². The first kappa shape index (κ1) is 21.6. The fourth-order valence-corrected chi connectivity index (χ4v) is 6.44. The van der Waals surface area contributed by atoms with Crippen molar-refractivity contribution in [3.05, 3.63) is 99.0 Å². The molecule has 0 saturated carbocycles. The molecular formula is C25H22BrClN2O2S. The highest BCUT2D eigenvalue weighted by atomic mass is 79.9. The molecule has 1 heterocycles. The lowest BCUT2D eigenvalue weighted by molar-refractivity contribution is 0.424. The second kappa shape index (κ2) is 8.25. The number of halogens is 2. The van der Waals surface area contributed by atoms with Crippen LogP contribution in [0.25, 0.3) is 0 Å². The molecule has 0 radical (unpaired) electrons. The molecule has 0 aromatic heterocycles. The van der Waals surface area contributed by atoms with E-state index in [1.54, 1.807) is 30.3 Å². The standard InChI is InChI=1S/C25H22BrClN2O2S/c1-15-9-10-16(13-23(15)27)29-32(30,31)17-11-12-24-21(14-17)18-6-4-7-19(18)25(28-24)20-5-2-3-8-22(20)26/h2-6,8-14,18-19,25,28-29H,7H2,1H3/t18-,19+,25-/m0/s1. The van der Waals surface area contributed by atoms with Crippen LogP contribution in [-0.2, 0) is 10.0 Å². The first-order valence-corrected chi connectivity index (χ1v) is 13.1. The summed E-state index contributed by atoms with van der Waals surface area (Å²) in [5.74, 6) is 0.482. The van der Waals surface area contributed by atoms with Gasteiger partial charge in [0.05, 0.1) is 16.6 Å². The van der Waals surface area contributed by atoms with Gasteiger partial charge in [0.25, 0.3) is 10.0 Å². The van der Waals surface area contributed by atoms with Crippen LogP contribution in [-0.4, -0.2) is 8.42 Å². The fourth-order valence-electron chi connectivity index (χ4n) is 4.65. The van der Waals surface area contributed by atoms with Gasteiger partial charge in [-0.1, -0.05) is 63.9 Å². The van der Waals surface area contributed by atoms with Crippen LogP contribution < -0.4 is 10.0 Å². The van der Waals surface area contributed by atoms with Gasteiger partial charge in [-0.3, -0.25) is 4.72 Å². The molecule has 0 spiro atoms. The zero-order chi connectivity index (χ0) is 22.5. The van der Waals surface area contributed by atoms with Crippen LogP contribution in [0.4, 0.5) is 11.4 Å². The molecule has 32 heavy (non-hydrogen) atoms. The van der Waals surface area contributed by atoms with Crippen LogP contribution in [0.5, 0.6) is 0 Å². The van der Waals surface area contributed by atoms with Crippen molar-refractivity contribution in [2.24, 2.45) is 5.92 Å². The Hall–Kier alpha value is -2.28. The predicted octanol–water partition coefficient (Wildman–Crippen LogP) is 7.04. The monoisotopic (exact) mass is 528 g/mol. The van der Waals surface area contributed by atoms with E-state index in [0.29, 0.717) is 16.6 Å². The van der Waals surface area contributed by atoms with Gasteiger partial charge in [0.2, 0.25) is 0 Å². The molecule has 1 aliphatic heterocycles. The van der Waals surface area contributed by atoms with Gasteiger partial charge in [-0.2, -0.15) is 0 Å². The summed E-state index contributed by atoms with van der Waals surface area (Å²) < 4.78 is 29.9. The molecule has 0 saturated heterocycles. The molecule has 3 aromatic rings. The minimum absolute atomic E-state index is 0.147. The highest BCUT2D eigenvalue weighted by molar-refractivity contribution is 9.10. The Morgan fingerprint density at radius 1 is 1.06 bits per heavy atom. The third-order valence-electron chi connectivity index (χ3n) is 6.31. The number of anilines is 2. The largest absolute Gasteiger partial charge is 0.378 e. The topological polar surface area (TPSA) is 58.2 Å². The third kappa shape index (κ3) is 3.85. The normalized spacial score (nSPS) is 21.5. The summed E-state index contributed by atoms with van der Waals surface area (Å²) in [7, 11) is -3.75. The van der Waals surface area contributed by atoms with Crippen molar-refractivity contribution in [3.8, 4) is 0 Å². The number of fused-ring (bicyclic) bond motifs is 3. The van der Waals surface area contributed by atoms with Crippen molar-refractivity contribution in [2.75, 3.05) is 10.0 Å². The summed E-state index contributed by atoms with van der Waals surface area (Å²) in [6, 6.07) is 18.9. The van der Waals surface area contributed by atoms with Gasteiger partial charge in [0.15, 0.2) is 0 Å². The number of allylic oxidation sites excluding steroid dienone is 2. The predicted molar refractivity (Wildman–Crippen MR) is 134 cm³/mol. The highest BCUT2D eigenvalue weighted by Crippen LogP contribution is 2.51. The minimum Gasteiger partial charge on any atom is -0.378 e. The first-order valence-electron chi connectivity index (χ1n) is 10.4. The number of sulfonamides is 1. The highest BCUT2D eigenvalue weighted by Gasteiger charge is 2.39. The maximum atomic E-state index is 13.1. The molecule has 2 aliphatic rings. The Kier molecular flexibility index (Phi) is 5.56. The summed E-state index contributed by atoms with van der Waals surface area (Å²) in [6.45, 7) is 1.88. The van der Waals surface area contributed by atoms with E-state index in [0.717, 1.165) is 27.7 Å². The third-order valence-corrected chi connectivity index (χ3v) is 8.82. The maximum Gasteiger partial charge on any atom is 0.261 e. The van der Waals surface area contributed by atoms with E-state index in [2.05, 4.69) is 50.3 Å². The lowest BCUT2D eigenvalue weighted by Gasteiger charge is -2.38. The Morgan fingerprint density at radius 3 is 2.66 bits per heavy atom. The smallest absolute Gasteiger partial charge is 0.261 e. The van der Waals surface area contributed by atoms with Gasteiger partial charge >= 0.3 is 0 Å². The average Bonchev–Trinajstić information content (AvgIpc) is 3.26. The van der Waals surface area contributed by atoms with Gasteiger partial charge < -0.3 is 5.32 Å². The van der Waals surface area contributed by atoms with Crippen molar-refractivity contribution in [1.82, 2.24) is 0 Å². The number of benzene rings is 3. The van der Waals surface area contributed by atoms with E-state index < -0.39 is 10.0 Å². The molecule has 7 heteroatoms. The molecule has 4 nitrogen and oxygen atoms in total.